The van der Waals surface area contributed by atoms with Crippen molar-refractivity contribution < 1.29 is 13.7 Å². The van der Waals surface area contributed by atoms with Gasteiger partial charge >= 0.3 is 0 Å². The maximum absolute atomic E-state index is 12.3. The molecule has 23 heavy (non-hydrogen) atoms. The van der Waals surface area contributed by atoms with E-state index in [1.807, 2.05) is 6.07 Å². The average molecular weight is 329 g/mol. The molecule has 0 saturated heterocycles. The topological polar surface area (TPSA) is 88.6 Å². The van der Waals surface area contributed by atoms with Crippen molar-refractivity contribution in [1.82, 2.24) is 0 Å². The van der Waals surface area contributed by atoms with Crippen LogP contribution in [-0.4, -0.2) is 14.5 Å². The Kier molecular flexibility index (Phi) is 5.37. The highest BCUT2D eigenvalue weighted by Gasteiger charge is 2.06. The van der Waals surface area contributed by atoms with E-state index < -0.39 is 10.0 Å². The fourth-order valence-corrected chi connectivity index (χ4v) is 2.94. The van der Waals surface area contributed by atoms with Gasteiger partial charge < -0.3 is 10.0 Å². The van der Waals surface area contributed by atoms with E-state index >= 15 is 0 Å². The summed E-state index contributed by atoms with van der Waals surface area (Å²) in [6, 6.07) is 15.3. The van der Waals surface area contributed by atoms with Gasteiger partial charge in [0.25, 0.3) is 0 Å². The monoisotopic (exact) mass is 329 g/mol. The maximum atomic E-state index is 12.3. The van der Waals surface area contributed by atoms with Crippen molar-refractivity contribution in [3.8, 4) is 6.07 Å². The number of sulfonamides is 1. The number of rotatable bonds is 6. The van der Waals surface area contributed by atoms with Crippen molar-refractivity contribution in [3.05, 3.63) is 64.4 Å². The van der Waals surface area contributed by atoms with Gasteiger partial charge in [-0.2, -0.15) is 5.26 Å². The number of nitrogens with two attached hydrogens (primary N) is 1. The van der Waals surface area contributed by atoms with Crippen LogP contribution in [-0.2, 0) is 16.6 Å². The van der Waals surface area contributed by atoms with Crippen molar-refractivity contribution in [2.75, 3.05) is 0 Å². The molecule has 0 unspecified atom stereocenters. The maximum Gasteiger partial charge on any atom is 0.123 e. The summed E-state index contributed by atoms with van der Waals surface area (Å²) in [7, 11) is -3.75. The molecule has 0 amide bonds. The van der Waals surface area contributed by atoms with Crippen LogP contribution >= 0.6 is 0 Å². The first-order chi connectivity index (χ1) is 10.9. The summed E-state index contributed by atoms with van der Waals surface area (Å²) in [6.07, 6.45) is 0. The summed E-state index contributed by atoms with van der Waals surface area (Å²) < 4.78 is 28.4. The highest BCUT2D eigenvalue weighted by atomic mass is 32.2. The average Bonchev–Trinajstić information content (AvgIpc) is 2.53. The van der Waals surface area contributed by atoms with Crippen LogP contribution in [0.4, 0.5) is 5.69 Å². The minimum atomic E-state index is -3.75. The summed E-state index contributed by atoms with van der Waals surface area (Å²) in [5, 5.41) is 10.9. The normalized spacial score (nSPS) is 11.2. The molecule has 0 aromatic heterocycles. The van der Waals surface area contributed by atoms with Gasteiger partial charge in [-0.1, -0.05) is 24.3 Å². The van der Waals surface area contributed by atoms with Crippen LogP contribution in [0.3, 0.4) is 0 Å². The van der Waals surface area contributed by atoms with E-state index in [1.165, 1.54) is 12.1 Å². The van der Waals surface area contributed by atoms with Gasteiger partial charge in [0.1, 0.15) is 16.6 Å². The van der Waals surface area contributed by atoms with E-state index in [4.69, 9.17) is 5.26 Å². The van der Waals surface area contributed by atoms with E-state index in [-0.39, 0.29) is 4.90 Å². The minimum Gasteiger partial charge on any atom is -0.573 e. The molecular weight excluding hydrogens is 310 g/mol. The largest absolute Gasteiger partial charge is 0.573 e. The van der Waals surface area contributed by atoms with Gasteiger partial charge in [-0.05, 0) is 38.1 Å². The molecule has 0 bridgehead atoms. The molecule has 2 rings (SSSR count). The Morgan fingerprint density at radius 3 is 2.22 bits per heavy atom. The second-order valence-electron chi connectivity index (χ2n) is 5.55. The molecule has 0 aliphatic heterocycles. The third kappa shape index (κ3) is 4.81. The molecule has 0 aliphatic carbocycles. The Labute approximate surface area is 137 Å². The highest BCUT2D eigenvalue weighted by Crippen LogP contribution is 2.27. The van der Waals surface area contributed by atoms with Crippen LogP contribution < -0.4 is 5.32 Å². The molecule has 2 aromatic rings. The summed E-state index contributed by atoms with van der Waals surface area (Å²) in [4.78, 5) is 0.162. The summed E-state index contributed by atoms with van der Waals surface area (Å²) in [6.45, 7) is 5.02. The molecule has 0 fully saturated rings. The molecule has 0 radical (unpaired) electrons. The van der Waals surface area contributed by atoms with Crippen LogP contribution in [0.15, 0.2) is 53.4 Å². The van der Waals surface area contributed by atoms with Crippen LogP contribution in [0.25, 0.3) is 4.72 Å². The molecule has 6 heteroatoms. The molecule has 2 aromatic carbocycles. The van der Waals surface area contributed by atoms with Crippen LogP contribution in [0.2, 0.25) is 0 Å². The van der Waals surface area contributed by atoms with Gasteiger partial charge in [0.15, 0.2) is 0 Å². The Bertz CT molecular complexity index is 789. The quantitative estimate of drug-likeness (QED) is 0.882. The lowest BCUT2D eigenvalue weighted by molar-refractivity contribution is -0.698. The number of nitrogens with zero attached hydrogens (tertiary/aromatic N) is 2. The van der Waals surface area contributed by atoms with Crippen LogP contribution in [0.5, 0.6) is 0 Å². The van der Waals surface area contributed by atoms with Gasteiger partial charge in [0, 0.05) is 5.56 Å². The van der Waals surface area contributed by atoms with Crippen molar-refractivity contribution in [1.29, 1.82) is 5.26 Å². The number of hydrogen-bond donors (Lipinski definition) is 1. The molecule has 0 saturated carbocycles. The standard InChI is InChI=1S/C17H18N3O2S/c1-13(2)19-12-15-5-9-17(10-6-15)23(21,22)20-16-7-3-14(11-18)4-8-16/h3-10,13,19H,12H2,1-2H3/q-1/p+1. The number of quaternary nitrogens is 1. The van der Waals surface area contributed by atoms with E-state index in [9.17, 15) is 8.42 Å². The van der Waals surface area contributed by atoms with Crippen molar-refractivity contribution in [2.24, 2.45) is 0 Å². The Morgan fingerprint density at radius 1 is 1.09 bits per heavy atom. The first-order valence-electron chi connectivity index (χ1n) is 7.31. The van der Waals surface area contributed by atoms with Gasteiger partial charge in [0.2, 0.25) is 0 Å². The molecule has 0 spiro atoms. The Morgan fingerprint density at radius 2 is 1.70 bits per heavy atom. The lowest BCUT2D eigenvalue weighted by Crippen LogP contribution is -2.86. The molecule has 2 N–H and O–H groups in total. The predicted octanol–water partition coefficient (Wildman–Crippen LogP) is 2.42. The summed E-state index contributed by atoms with van der Waals surface area (Å²) >= 11 is 0. The fourth-order valence-electron chi connectivity index (χ4n) is 1.96. The third-order valence-corrected chi connectivity index (χ3v) is 4.59. The summed E-state index contributed by atoms with van der Waals surface area (Å²) in [5.41, 5.74) is 1.84. The molecule has 0 aliphatic rings. The second-order valence-corrected chi connectivity index (χ2v) is 7.16. The predicted molar refractivity (Wildman–Crippen MR) is 88.6 cm³/mol. The minimum absolute atomic E-state index is 0.162. The van der Waals surface area contributed by atoms with Gasteiger partial charge in [-0.15, -0.1) is 5.69 Å². The van der Waals surface area contributed by atoms with Crippen molar-refractivity contribution >= 4 is 15.7 Å². The lowest BCUT2D eigenvalue weighted by Gasteiger charge is -2.21. The zero-order valence-electron chi connectivity index (χ0n) is 13.1. The van der Waals surface area contributed by atoms with Crippen LogP contribution in [0.1, 0.15) is 25.0 Å². The summed E-state index contributed by atoms with van der Waals surface area (Å²) in [5.74, 6) is 0. The molecule has 120 valence electrons. The van der Waals surface area contributed by atoms with Gasteiger partial charge in [-0.3, -0.25) is 0 Å². The molecule has 0 heterocycles. The van der Waals surface area contributed by atoms with Crippen LogP contribution in [0, 0.1) is 11.3 Å². The highest BCUT2D eigenvalue weighted by molar-refractivity contribution is 7.94. The first-order valence-corrected chi connectivity index (χ1v) is 8.75. The van der Waals surface area contributed by atoms with E-state index in [1.54, 1.807) is 36.4 Å². The van der Waals surface area contributed by atoms with Gasteiger partial charge in [0.05, 0.1) is 22.6 Å². The number of nitriles is 1. The first kappa shape index (κ1) is 17.0. The molecular formula is C17H19N3O2S. The fraction of sp³-hybridized carbons (Fsp3) is 0.235. The lowest BCUT2D eigenvalue weighted by atomic mass is 10.2. The van der Waals surface area contributed by atoms with E-state index in [0.29, 0.717) is 17.3 Å². The van der Waals surface area contributed by atoms with E-state index in [2.05, 4.69) is 23.9 Å². The smallest absolute Gasteiger partial charge is 0.123 e. The number of hydrogen-bond acceptors (Lipinski definition) is 3. The third-order valence-electron chi connectivity index (χ3n) is 3.27. The van der Waals surface area contributed by atoms with Crippen molar-refractivity contribution in [3.63, 3.8) is 0 Å². The Hall–Kier alpha value is -2.36. The van der Waals surface area contributed by atoms with E-state index in [0.717, 1.165) is 12.1 Å². The SMILES string of the molecule is CC(C)[NH2+]Cc1ccc(S(=O)(=O)[N-]c2ccc(C#N)cc2)cc1. The molecule has 0 atom stereocenters. The molecule has 5 nitrogen and oxygen atoms in total. The second kappa shape index (κ2) is 7.27. The number of benzene rings is 2. The van der Waals surface area contributed by atoms with Crippen molar-refractivity contribution in [2.45, 2.75) is 31.3 Å². The van der Waals surface area contributed by atoms with Gasteiger partial charge in [-0.25, -0.2) is 8.42 Å². The Balaban J connectivity index is 2.11. The zero-order valence-corrected chi connectivity index (χ0v) is 13.9. The zero-order chi connectivity index (χ0) is 16.9.